The molecular weight excluding hydrogens is 328 g/mol. The van der Waals surface area contributed by atoms with E-state index in [-0.39, 0.29) is 4.90 Å². The number of aromatic nitrogens is 3. The molecule has 0 atom stereocenters. The molecule has 0 radical (unpaired) electrons. The van der Waals surface area contributed by atoms with Gasteiger partial charge in [-0.25, -0.2) is 18.4 Å². The van der Waals surface area contributed by atoms with E-state index in [2.05, 4.69) is 14.7 Å². The number of ether oxygens (including phenoxy) is 1. The maximum Gasteiger partial charge on any atom is 0.265 e. The summed E-state index contributed by atoms with van der Waals surface area (Å²) < 4.78 is 34.8. The Kier molecular flexibility index (Phi) is 4.48. The van der Waals surface area contributed by atoms with Gasteiger partial charge >= 0.3 is 0 Å². The summed E-state index contributed by atoms with van der Waals surface area (Å²) in [4.78, 5) is 8.26. The van der Waals surface area contributed by atoms with E-state index in [1.54, 1.807) is 60.5 Å². The zero-order valence-corrected chi connectivity index (χ0v) is 13.8. The van der Waals surface area contributed by atoms with Crippen molar-refractivity contribution in [2.24, 2.45) is 0 Å². The van der Waals surface area contributed by atoms with Gasteiger partial charge in [-0.15, -0.1) is 0 Å². The largest absolute Gasteiger partial charge is 0.492 e. The Labute approximate surface area is 140 Å². The van der Waals surface area contributed by atoms with Crippen molar-refractivity contribution >= 4 is 15.7 Å². The first-order chi connectivity index (χ1) is 11.6. The minimum absolute atomic E-state index is 0.0885. The summed E-state index contributed by atoms with van der Waals surface area (Å²) in [7, 11) is -3.77. The number of hydrogen-bond donors (Lipinski definition) is 1. The quantitative estimate of drug-likeness (QED) is 0.742. The Morgan fingerprint density at radius 2 is 2.04 bits per heavy atom. The molecule has 1 aromatic carbocycles. The molecule has 0 unspecified atom stereocenters. The molecule has 1 N–H and O–H groups in total. The number of nitrogens with zero attached hydrogens (tertiary/aromatic N) is 3. The molecule has 0 saturated heterocycles. The number of para-hydroxylation sites is 1. The molecular formula is C16H16N4O3S. The van der Waals surface area contributed by atoms with Crippen LogP contribution in [-0.2, 0) is 10.0 Å². The van der Waals surface area contributed by atoms with E-state index in [1.165, 1.54) is 12.3 Å². The Morgan fingerprint density at radius 3 is 2.71 bits per heavy atom. The standard InChI is InChI=1S/C16H16N4O3S/c1-2-23-14-5-3-4-6-15(14)24(21,22)19-13-7-8-16(18-11-13)20-10-9-17-12-20/h3-12,19H,2H2,1H3. The van der Waals surface area contributed by atoms with Crippen LogP contribution in [0, 0.1) is 0 Å². The van der Waals surface area contributed by atoms with Crippen LogP contribution in [0.5, 0.6) is 5.75 Å². The molecule has 3 rings (SSSR count). The average molecular weight is 344 g/mol. The van der Waals surface area contributed by atoms with Gasteiger partial charge in [-0.1, -0.05) is 12.1 Å². The van der Waals surface area contributed by atoms with Gasteiger partial charge in [0.2, 0.25) is 0 Å². The van der Waals surface area contributed by atoms with Crippen LogP contribution < -0.4 is 9.46 Å². The van der Waals surface area contributed by atoms with Gasteiger partial charge in [0.25, 0.3) is 10.0 Å². The lowest BCUT2D eigenvalue weighted by Crippen LogP contribution is -2.14. The van der Waals surface area contributed by atoms with Gasteiger partial charge < -0.3 is 4.74 Å². The second-order valence-corrected chi connectivity index (χ2v) is 6.51. The lowest BCUT2D eigenvalue weighted by Gasteiger charge is -2.12. The summed E-state index contributed by atoms with van der Waals surface area (Å²) in [6.45, 7) is 2.18. The van der Waals surface area contributed by atoms with Gasteiger partial charge in [-0.05, 0) is 31.2 Å². The maximum atomic E-state index is 12.6. The normalized spacial score (nSPS) is 11.2. The van der Waals surface area contributed by atoms with Crippen molar-refractivity contribution < 1.29 is 13.2 Å². The lowest BCUT2D eigenvalue weighted by atomic mass is 10.3. The van der Waals surface area contributed by atoms with Crippen molar-refractivity contribution in [2.75, 3.05) is 11.3 Å². The zero-order chi connectivity index (χ0) is 17.0. The smallest absolute Gasteiger partial charge is 0.265 e. The average Bonchev–Trinajstić information content (AvgIpc) is 3.10. The van der Waals surface area contributed by atoms with Gasteiger partial charge in [0, 0.05) is 12.4 Å². The Morgan fingerprint density at radius 1 is 1.21 bits per heavy atom. The summed E-state index contributed by atoms with van der Waals surface area (Å²) >= 11 is 0. The van der Waals surface area contributed by atoms with Crippen molar-refractivity contribution in [3.8, 4) is 11.6 Å². The Hall–Kier alpha value is -2.87. The van der Waals surface area contributed by atoms with E-state index < -0.39 is 10.0 Å². The highest BCUT2D eigenvalue weighted by Gasteiger charge is 2.19. The molecule has 24 heavy (non-hydrogen) atoms. The van der Waals surface area contributed by atoms with Crippen LogP contribution in [-0.4, -0.2) is 29.6 Å². The molecule has 0 aliphatic rings. The third-order valence-corrected chi connectivity index (χ3v) is 4.63. The van der Waals surface area contributed by atoms with Crippen LogP contribution in [0.1, 0.15) is 6.92 Å². The molecule has 0 saturated carbocycles. The molecule has 124 valence electrons. The third-order valence-electron chi connectivity index (χ3n) is 3.21. The number of pyridine rings is 1. The summed E-state index contributed by atoms with van der Waals surface area (Å²) in [6.07, 6.45) is 6.47. The van der Waals surface area contributed by atoms with Crippen LogP contribution in [0.3, 0.4) is 0 Å². The van der Waals surface area contributed by atoms with Crippen LogP contribution in [0.15, 0.2) is 66.2 Å². The fraction of sp³-hybridized carbons (Fsp3) is 0.125. The Balaban J connectivity index is 1.85. The topological polar surface area (TPSA) is 86.1 Å². The number of nitrogens with one attached hydrogen (secondary N) is 1. The van der Waals surface area contributed by atoms with Crippen molar-refractivity contribution in [3.63, 3.8) is 0 Å². The number of anilines is 1. The fourth-order valence-electron chi connectivity index (χ4n) is 2.15. The SMILES string of the molecule is CCOc1ccccc1S(=O)(=O)Nc1ccc(-n2ccnc2)nc1. The first-order valence-electron chi connectivity index (χ1n) is 7.29. The molecule has 7 nitrogen and oxygen atoms in total. The second kappa shape index (κ2) is 6.71. The fourth-order valence-corrected chi connectivity index (χ4v) is 3.34. The van der Waals surface area contributed by atoms with E-state index in [0.717, 1.165) is 0 Å². The van der Waals surface area contributed by atoms with E-state index >= 15 is 0 Å². The number of sulfonamides is 1. The molecule has 3 aromatic rings. The van der Waals surface area contributed by atoms with Crippen molar-refractivity contribution in [3.05, 3.63) is 61.3 Å². The first kappa shape index (κ1) is 16.0. The van der Waals surface area contributed by atoms with Crippen molar-refractivity contribution in [1.82, 2.24) is 14.5 Å². The van der Waals surface area contributed by atoms with Gasteiger partial charge in [0.15, 0.2) is 0 Å². The zero-order valence-electron chi connectivity index (χ0n) is 13.0. The highest BCUT2D eigenvalue weighted by Crippen LogP contribution is 2.25. The van der Waals surface area contributed by atoms with Gasteiger partial charge in [-0.2, -0.15) is 0 Å². The highest BCUT2D eigenvalue weighted by molar-refractivity contribution is 7.92. The summed E-state index contributed by atoms with van der Waals surface area (Å²) in [5.41, 5.74) is 0.366. The molecule has 2 aromatic heterocycles. The molecule has 0 aliphatic carbocycles. The number of hydrogen-bond acceptors (Lipinski definition) is 5. The van der Waals surface area contributed by atoms with Crippen LogP contribution in [0.4, 0.5) is 5.69 Å². The van der Waals surface area contributed by atoms with Crippen LogP contribution in [0.2, 0.25) is 0 Å². The lowest BCUT2D eigenvalue weighted by molar-refractivity contribution is 0.331. The summed E-state index contributed by atoms with van der Waals surface area (Å²) in [5, 5.41) is 0. The second-order valence-electron chi connectivity index (χ2n) is 4.86. The first-order valence-corrected chi connectivity index (χ1v) is 8.77. The molecule has 8 heteroatoms. The molecule has 0 aliphatic heterocycles. The summed E-state index contributed by atoms with van der Waals surface area (Å²) in [6, 6.07) is 9.85. The molecule has 0 spiro atoms. The Bertz CT molecular complexity index is 907. The number of rotatable bonds is 6. The van der Waals surface area contributed by atoms with E-state index in [1.807, 2.05) is 0 Å². The molecule has 0 amide bonds. The third kappa shape index (κ3) is 3.38. The van der Waals surface area contributed by atoms with Gasteiger partial charge in [0.1, 0.15) is 22.8 Å². The van der Waals surface area contributed by atoms with Crippen molar-refractivity contribution in [2.45, 2.75) is 11.8 Å². The minimum atomic E-state index is -3.77. The monoisotopic (exact) mass is 344 g/mol. The highest BCUT2D eigenvalue weighted by atomic mass is 32.2. The number of imidazole rings is 1. The van der Waals surface area contributed by atoms with Crippen LogP contribution in [0.25, 0.3) is 5.82 Å². The molecule has 2 heterocycles. The van der Waals surface area contributed by atoms with E-state index in [9.17, 15) is 8.42 Å². The minimum Gasteiger partial charge on any atom is -0.492 e. The van der Waals surface area contributed by atoms with E-state index in [4.69, 9.17) is 4.74 Å². The van der Waals surface area contributed by atoms with Crippen molar-refractivity contribution in [1.29, 1.82) is 0 Å². The predicted molar refractivity (Wildman–Crippen MR) is 89.8 cm³/mol. The molecule has 0 bridgehead atoms. The van der Waals surface area contributed by atoms with Gasteiger partial charge in [-0.3, -0.25) is 9.29 Å². The summed E-state index contributed by atoms with van der Waals surface area (Å²) in [5.74, 6) is 0.959. The molecule has 0 fully saturated rings. The number of benzene rings is 1. The van der Waals surface area contributed by atoms with E-state index in [0.29, 0.717) is 23.9 Å². The van der Waals surface area contributed by atoms with Crippen LogP contribution >= 0.6 is 0 Å². The predicted octanol–water partition coefficient (Wildman–Crippen LogP) is 2.47. The van der Waals surface area contributed by atoms with Gasteiger partial charge in [0.05, 0.1) is 18.5 Å². The maximum absolute atomic E-state index is 12.6.